The number of anilines is 3. The van der Waals surface area contributed by atoms with Gasteiger partial charge in [0.1, 0.15) is 0 Å². The van der Waals surface area contributed by atoms with Gasteiger partial charge in [0.05, 0.1) is 0 Å². The number of benzene rings is 3. The smallest absolute Gasteiger partial charge is 0.255 e. The second-order valence-corrected chi connectivity index (χ2v) is 8.35. The van der Waals surface area contributed by atoms with Crippen LogP contribution < -0.4 is 16.4 Å². The van der Waals surface area contributed by atoms with Crippen LogP contribution in [-0.2, 0) is 12.8 Å². The Hall–Kier alpha value is -3.60. The largest absolute Gasteiger partial charge is 0.399 e. The maximum atomic E-state index is 12.8. The van der Waals surface area contributed by atoms with Gasteiger partial charge in [-0.15, -0.1) is 0 Å². The summed E-state index contributed by atoms with van der Waals surface area (Å²) in [7, 11) is 0. The van der Waals surface area contributed by atoms with E-state index in [1.54, 1.807) is 18.2 Å². The molecule has 0 saturated heterocycles. The number of amides is 2. The van der Waals surface area contributed by atoms with Crippen LogP contribution in [0.25, 0.3) is 0 Å². The number of carbonyl (C=O) groups excluding carboxylic acids is 2. The first-order valence-corrected chi connectivity index (χ1v) is 11.7. The zero-order valence-corrected chi connectivity index (χ0v) is 19.5. The third-order valence-corrected chi connectivity index (χ3v) is 5.54. The maximum absolute atomic E-state index is 12.8. The van der Waals surface area contributed by atoms with E-state index < -0.39 is 0 Å². The van der Waals surface area contributed by atoms with Crippen molar-refractivity contribution in [1.82, 2.24) is 0 Å². The van der Waals surface area contributed by atoms with Crippen LogP contribution in [0, 0.1) is 0 Å². The van der Waals surface area contributed by atoms with E-state index in [0.29, 0.717) is 28.2 Å². The van der Waals surface area contributed by atoms with Crippen LogP contribution in [0.15, 0.2) is 66.7 Å². The minimum Gasteiger partial charge on any atom is -0.399 e. The van der Waals surface area contributed by atoms with Crippen LogP contribution in [0.4, 0.5) is 17.1 Å². The molecule has 172 valence electrons. The van der Waals surface area contributed by atoms with Crippen molar-refractivity contribution in [3.8, 4) is 0 Å². The predicted molar refractivity (Wildman–Crippen MR) is 137 cm³/mol. The van der Waals surface area contributed by atoms with Gasteiger partial charge in [-0.3, -0.25) is 9.59 Å². The molecule has 3 aromatic carbocycles. The second-order valence-electron chi connectivity index (χ2n) is 8.35. The number of nitrogens with one attached hydrogen (secondary N) is 2. The predicted octanol–water partition coefficient (Wildman–Crippen LogP) is 6.46. The Balaban J connectivity index is 1.66. The molecule has 0 aromatic heterocycles. The molecule has 0 atom stereocenters. The molecule has 5 nitrogen and oxygen atoms in total. The highest BCUT2D eigenvalue weighted by molar-refractivity contribution is 6.09. The third kappa shape index (κ3) is 7.21. The number of rotatable bonds is 10. The number of hydrogen-bond donors (Lipinski definition) is 3. The zero-order chi connectivity index (χ0) is 23.6. The Labute approximate surface area is 196 Å². The summed E-state index contributed by atoms with van der Waals surface area (Å²) in [5.74, 6) is -0.615. The van der Waals surface area contributed by atoms with E-state index in [2.05, 4.69) is 24.5 Å². The van der Waals surface area contributed by atoms with Crippen LogP contribution in [0.2, 0.25) is 0 Å². The fourth-order valence-corrected chi connectivity index (χ4v) is 3.59. The lowest BCUT2D eigenvalue weighted by atomic mass is 10.1. The summed E-state index contributed by atoms with van der Waals surface area (Å²) < 4.78 is 0. The van der Waals surface area contributed by atoms with Gasteiger partial charge in [-0.2, -0.15) is 0 Å². The summed E-state index contributed by atoms with van der Waals surface area (Å²) in [4.78, 5) is 25.6. The Morgan fingerprint density at radius 1 is 0.667 bits per heavy atom. The molecule has 0 unspecified atom stereocenters. The highest BCUT2D eigenvalue weighted by Crippen LogP contribution is 2.18. The minimum absolute atomic E-state index is 0.307. The quantitative estimate of drug-likeness (QED) is 0.314. The monoisotopic (exact) mass is 443 g/mol. The van der Waals surface area contributed by atoms with Gasteiger partial charge >= 0.3 is 0 Å². The normalized spacial score (nSPS) is 10.6. The lowest BCUT2D eigenvalue weighted by Gasteiger charge is -2.10. The minimum atomic E-state index is -0.307. The first-order valence-electron chi connectivity index (χ1n) is 11.7. The molecular formula is C28H33N3O2. The van der Waals surface area contributed by atoms with Crippen molar-refractivity contribution < 1.29 is 9.59 Å². The topological polar surface area (TPSA) is 84.2 Å². The number of unbranched alkanes of at least 4 members (excludes halogenated alkanes) is 2. The van der Waals surface area contributed by atoms with E-state index in [4.69, 9.17) is 5.73 Å². The van der Waals surface area contributed by atoms with E-state index in [-0.39, 0.29) is 11.8 Å². The molecular weight excluding hydrogens is 410 g/mol. The van der Waals surface area contributed by atoms with Crippen molar-refractivity contribution in [3.63, 3.8) is 0 Å². The van der Waals surface area contributed by atoms with E-state index in [1.165, 1.54) is 11.1 Å². The van der Waals surface area contributed by atoms with Crippen LogP contribution in [0.5, 0.6) is 0 Å². The van der Waals surface area contributed by atoms with E-state index in [0.717, 1.165) is 38.5 Å². The van der Waals surface area contributed by atoms with Gasteiger partial charge in [-0.25, -0.2) is 0 Å². The molecule has 3 aromatic rings. The first-order chi connectivity index (χ1) is 16.0. The zero-order valence-electron chi connectivity index (χ0n) is 19.5. The molecule has 0 aliphatic carbocycles. The average molecular weight is 444 g/mol. The first kappa shape index (κ1) is 24.1. The van der Waals surface area contributed by atoms with Gasteiger partial charge in [0.15, 0.2) is 0 Å². The van der Waals surface area contributed by atoms with Gasteiger partial charge in [-0.05, 0) is 79.3 Å². The van der Waals surface area contributed by atoms with E-state index in [1.807, 2.05) is 48.5 Å². The van der Waals surface area contributed by atoms with Crippen molar-refractivity contribution in [2.24, 2.45) is 0 Å². The lowest BCUT2D eigenvalue weighted by molar-refractivity contribution is 0.102. The molecule has 33 heavy (non-hydrogen) atoms. The molecule has 0 heterocycles. The average Bonchev–Trinajstić information content (AvgIpc) is 2.82. The third-order valence-electron chi connectivity index (χ3n) is 5.54. The van der Waals surface area contributed by atoms with Gasteiger partial charge in [0, 0.05) is 28.2 Å². The van der Waals surface area contributed by atoms with Crippen molar-refractivity contribution in [2.75, 3.05) is 16.4 Å². The molecule has 0 fully saturated rings. The van der Waals surface area contributed by atoms with Crippen LogP contribution >= 0.6 is 0 Å². The van der Waals surface area contributed by atoms with E-state index in [9.17, 15) is 9.59 Å². The molecule has 0 spiro atoms. The number of carbonyl (C=O) groups is 2. The van der Waals surface area contributed by atoms with Crippen molar-refractivity contribution in [1.29, 1.82) is 0 Å². The Bertz CT molecular complexity index is 990. The molecule has 0 bridgehead atoms. The highest BCUT2D eigenvalue weighted by atomic mass is 16.2. The highest BCUT2D eigenvalue weighted by Gasteiger charge is 2.13. The Morgan fingerprint density at radius 3 is 1.42 bits per heavy atom. The van der Waals surface area contributed by atoms with Gasteiger partial charge in [0.2, 0.25) is 0 Å². The molecule has 4 N–H and O–H groups in total. The molecule has 0 radical (unpaired) electrons. The van der Waals surface area contributed by atoms with Crippen molar-refractivity contribution in [3.05, 3.63) is 89.0 Å². The summed E-state index contributed by atoms with van der Waals surface area (Å²) in [6.07, 6.45) is 6.63. The van der Waals surface area contributed by atoms with Crippen molar-refractivity contribution in [2.45, 2.75) is 52.4 Å². The summed E-state index contributed by atoms with van der Waals surface area (Å²) in [6.45, 7) is 4.33. The summed E-state index contributed by atoms with van der Waals surface area (Å²) in [6, 6.07) is 20.4. The molecule has 3 rings (SSSR count). The SMILES string of the molecule is CCCCc1ccc(NC(=O)c2cc(N)cc(C(=O)Nc3ccc(CCCC)cc3)c2)cc1. The summed E-state index contributed by atoms with van der Waals surface area (Å²) >= 11 is 0. The van der Waals surface area contributed by atoms with Crippen LogP contribution in [0.1, 0.15) is 71.4 Å². The maximum Gasteiger partial charge on any atom is 0.255 e. The van der Waals surface area contributed by atoms with E-state index >= 15 is 0 Å². The molecule has 0 aliphatic heterocycles. The summed E-state index contributed by atoms with van der Waals surface area (Å²) in [5, 5.41) is 5.76. The van der Waals surface area contributed by atoms with Gasteiger partial charge in [0.25, 0.3) is 11.8 Å². The lowest BCUT2D eigenvalue weighted by Crippen LogP contribution is -2.16. The fraction of sp³-hybridized carbons (Fsp3) is 0.286. The molecule has 0 saturated carbocycles. The van der Waals surface area contributed by atoms with Crippen LogP contribution in [0.3, 0.4) is 0 Å². The fourth-order valence-electron chi connectivity index (χ4n) is 3.59. The number of hydrogen-bond acceptors (Lipinski definition) is 3. The molecule has 2 amide bonds. The van der Waals surface area contributed by atoms with Gasteiger partial charge < -0.3 is 16.4 Å². The van der Waals surface area contributed by atoms with Crippen LogP contribution in [-0.4, -0.2) is 11.8 Å². The second kappa shape index (κ2) is 11.9. The molecule has 0 aliphatic rings. The standard InChI is InChI=1S/C28H33N3O2/c1-3-5-7-20-9-13-25(14-10-20)30-27(32)22-17-23(19-24(29)18-22)28(33)31-26-15-11-21(12-16-26)8-6-4-2/h9-19H,3-8,29H2,1-2H3,(H,30,32)(H,31,33). The number of aryl methyl sites for hydroxylation is 2. The van der Waals surface area contributed by atoms with Crippen molar-refractivity contribution >= 4 is 28.9 Å². The Kier molecular flexibility index (Phi) is 8.64. The van der Waals surface area contributed by atoms with Gasteiger partial charge in [-0.1, -0.05) is 51.0 Å². The molecule has 5 heteroatoms. The Morgan fingerprint density at radius 2 is 1.06 bits per heavy atom. The number of nitrogens with two attached hydrogens (primary N) is 1. The summed E-state index contributed by atoms with van der Waals surface area (Å²) in [5.41, 5.74) is 10.9. The number of nitrogen functional groups attached to an aromatic ring is 1.